The SMILES string of the molecule is O=C(NCCc1ccccn1)c1cc2c(s1)CCN2C(=O)c1ccccc1. The van der Waals surface area contributed by atoms with E-state index in [0.29, 0.717) is 30.0 Å². The first kappa shape index (κ1) is 17.4. The molecule has 6 heteroatoms. The maximum absolute atomic E-state index is 12.7. The third kappa shape index (κ3) is 3.75. The van der Waals surface area contributed by atoms with Gasteiger partial charge in [-0.05, 0) is 30.3 Å². The molecule has 0 spiro atoms. The summed E-state index contributed by atoms with van der Waals surface area (Å²) < 4.78 is 0. The second-order valence-corrected chi connectivity index (χ2v) is 7.46. The highest BCUT2D eigenvalue weighted by Crippen LogP contribution is 2.36. The topological polar surface area (TPSA) is 62.3 Å². The van der Waals surface area contributed by atoms with Crippen LogP contribution in [0.1, 0.15) is 30.6 Å². The fourth-order valence-electron chi connectivity index (χ4n) is 3.16. The molecule has 136 valence electrons. The van der Waals surface area contributed by atoms with Crippen molar-refractivity contribution in [2.24, 2.45) is 0 Å². The van der Waals surface area contributed by atoms with Crippen LogP contribution in [0.2, 0.25) is 0 Å². The highest BCUT2D eigenvalue weighted by Gasteiger charge is 2.29. The number of aromatic nitrogens is 1. The van der Waals surface area contributed by atoms with Crippen LogP contribution in [0.4, 0.5) is 5.69 Å². The zero-order chi connectivity index (χ0) is 18.6. The van der Waals surface area contributed by atoms with Gasteiger partial charge in [0, 0.05) is 48.3 Å². The van der Waals surface area contributed by atoms with Crippen LogP contribution in [-0.2, 0) is 12.8 Å². The molecule has 1 aliphatic heterocycles. The highest BCUT2D eigenvalue weighted by molar-refractivity contribution is 7.14. The number of benzene rings is 1. The van der Waals surface area contributed by atoms with Crippen LogP contribution in [0.5, 0.6) is 0 Å². The van der Waals surface area contributed by atoms with E-state index in [-0.39, 0.29) is 11.8 Å². The Morgan fingerprint density at radius 2 is 1.93 bits per heavy atom. The smallest absolute Gasteiger partial charge is 0.261 e. The molecule has 2 amide bonds. The van der Waals surface area contributed by atoms with Crippen molar-refractivity contribution in [1.82, 2.24) is 10.3 Å². The fourth-order valence-corrected chi connectivity index (χ4v) is 4.23. The van der Waals surface area contributed by atoms with E-state index in [1.807, 2.05) is 54.6 Å². The number of carbonyl (C=O) groups is 2. The van der Waals surface area contributed by atoms with Crippen molar-refractivity contribution >= 4 is 28.8 Å². The van der Waals surface area contributed by atoms with Crippen molar-refractivity contribution in [3.63, 3.8) is 0 Å². The first-order valence-electron chi connectivity index (χ1n) is 8.90. The number of fused-ring (bicyclic) bond motifs is 1. The van der Waals surface area contributed by atoms with Crippen molar-refractivity contribution in [2.45, 2.75) is 12.8 Å². The molecule has 1 aromatic carbocycles. The van der Waals surface area contributed by atoms with Crippen molar-refractivity contribution in [3.05, 3.63) is 81.8 Å². The first-order chi connectivity index (χ1) is 13.2. The molecule has 1 N–H and O–H groups in total. The lowest BCUT2D eigenvalue weighted by molar-refractivity contribution is 0.0955. The maximum Gasteiger partial charge on any atom is 0.261 e. The lowest BCUT2D eigenvalue weighted by Gasteiger charge is -2.16. The molecule has 0 saturated heterocycles. The van der Waals surface area contributed by atoms with Crippen LogP contribution < -0.4 is 10.2 Å². The molecule has 0 unspecified atom stereocenters. The van der Waals surface area contributed by atoms with Crippen LogP contribution in [0.3, 0.4) is 0 Å². The van der Waals surface area contributed by atoms with E-state index in [2.05, 4.69) is 10.3 Å². The predicted molar refractivity (Wildman–Crippen MR) is 106 cm³/mol. The summed E-state index contributed by atoms with van der Waals surface area (Å²) in [6.07, 6.45) is 3.23. The third-order valence-corrected chi connectivity index (χ3v) is 5.71. The molecule has 0 aliphatic carbocycles. The molecule has 0 fully saturated rings. The molecule has 1 aliphatic rings. The third-order valence-electron chi connectivity index (χ3n) is 4.52. The van der Waals surface area contributed by atoms with Crippen LogP contribution in [0.15, 0.2) is 60.8 Å². The standard InChI is InChI=1S/C21H19N3O2S/c25-20(23-12-9-16-8-4-5-11-22-16)19-14-17-18(27-19)10-13-24(17)21(26)15-6-2-1-3-7-15/h1-8,11,14H,9-10,12-13H2,(H,23,25). The van der Waals surface area contributed by atoms with Gasteiger partial charge < -0.3 is 10.2 Å². The molecule has 4 rings (SSSR count). The van der Waals surface area contributed by atoms with E-state index in [0.717, 1.165) is 22.7 Å². The summed E-state index contributed by atoms with van der Waals surface area (Å²) in [4.78, 5) is 33.0. The number of thiophene rings is 1. The van der Waals surface area contributed by atoms with Gasteiger partial charge in [0.2, 0.25) is 0 Å². The summed E-state index contributed by atoms with van der Waals surface area (Å²) in [5.74, 6) is -0.119. The van der Waals surface area contributed by atoms with E-state index in [9.17, 15) is 9.59 Å². The lowest BCUT2D eigenvalue weighted by Crippen LogP contribution is -2.29. The molecule has 0 bridgehead atoms. The van der Waals surface area contributed by atoms with Crippen molar-refractivity contribution in [3.8, 4) is 0 Å². The molecule has 0 atom stereocenters. The zero-order valence-electron chi connectivity index (χ0n) is 14.7. The number of nitrogens with one attached hydrogen (secondary N) is 1. The van der Waals surface area contributed by atoms with Crippen molar-refractivity contribution in [1.29, 1.82) is 0 Å². The minimum Gasteiger partial charge on any atom is -0.351 e. The minimum atomic E-state index is -0.0996. The van der Waals surface area contributed by atoms with Crippen LogP contribution in [-0.4, -0.2) is 29.9 Å². The van der Waals surface area contributed by atoms with E-state index < -0.39 is 0 Å². The average Bonchev–Trinajstić information content (AvgIpc) is 3.30. The van der Waals surface area contributed by atoms with Crippen LogP contribution >= 0.6 is 11.3 Å². The monoisotopic (exact) mass is 377 g/mol. The summed E-state index contributed by atoms with van der Waals surface area (Å²) in [6.45, 7) is 1.20. The molecule has 2 aromatic heterocycles. The fraction of sp³-hybridized carbons (Fsp3) is 0.190. The number of amides is 2. The van der Waals surface area contributed by atoms with E-state index in [4.69, 9.17) is 0 Å². The Kier molecular flexibility index (Phi) is 4.98. The number of carbonyl (C=O) groups excluding carboxylic acids is 2. The summed E-state index contributed by atoms with van der Waals surface area (Å²) in [5.41, 5.74) is 2.48. The zero-order valence-corrected chi connectivity index (χ0v) is 15.5. The van der Waals surface area contributed by atoms with E-state index in [1.165, 1.54) is 11.3 Å². The van der Waals surface area contributed by atoms with Gasteiger partial charge in [-0.25, -0.2) is 0 Å². The highest BCUT2D eigenvalue weighted by atomic mass is 32.1. The van der Waals surface area contributed by atoms with Gasteiger partial charge in [0.05, 0.1) is 10.6 Å². The Labute approximate surface area is 161 Å². The molecule has 27 heavy (non-hydrogen) atoms. The number of anilines is 1. The normalized spacial score (nSPS) is 12.7. The van der Waals surface area contributed by atoms with Gasteiger partial charge in [-0.3, -0.25) is 14.6 Å². The molecular formula is C21H19N3O2S. The molecule has 5 nitrogen and oxygen atoms in total. The Bertz CT molecular complexity index is 954. The van der Waals surface area contributed by atoms with Crippen molar-refractivity contribution < 1.29 is 9.59 Å². The van der Waals surface area contributed by atoms with Crippen molar-refractivity contribution in [2.75, 3.05) is 18.0 Å². The average molecular weight is 377 g/mol. The quantitative estimate of drug-likeness (QED) is 0.742. The number of rotatable bonds is 5. The first-order valence-corrected chi connectivity index (χ1v) is 9.72. The van der Waals surface area contributed by atoms with Gasteiger partial charge in [-0.15, -0.1) is 11.3 Å². The molecule has 3 aromatic rings. The maximum atomic E-state index is 12.7. The Hall–Kier alpha value is -2.99. The van der Waals surface area contributed by atoms with Crippen LogP contribution in [0.25, 0.3) is 0 Å². The Balaban J connectivity index is 1.41. The van der Waals surface area contributed by atoms with Crippen LogP contribution in [0, 0.1) is 0 Å². The van der Waals surface area contributed by atoms with E-state index in [1.54, 1.807) is 11.1 Å². The molecule has 3 heterocycles. The number of hydrogen-bond donors (Lipinski definition) is 1. The second kappa shape index (κ2) is 7.72. The number of pyridine rings is 1. The summed E-state index contributed by atoms with van der Waals surface area (Å²) >= 11 is 1.47. The second-order valence-electron chi connectivity index (χ2n) is 6.32. The summed E-state index contributed by atoms with van der Waals surface area (Å²) in [7, 11) is 0. The van der Waals surface area contributed by atoms with E-state index >= 15 is 0 Å². The largest absolute Gasteiger partial charge is 0.351 e. The lowest BCUT2D eigenvalue weighted by atomic mass is 10.2. The summed E-state index contributed by atoms with van der Waals surface area (Å²) in [5, 5.41) is 2.94. The predicted octanol–water partition coefficient (Wildman–Crippen LogP) is 3.32. The van der Waals surface area contributed by atoms with Gasteiger partial charge in [0.25, 0.3) is 11.8 Å². The Morgan fingerprint density at radius 1 is 1.11 bits per heavy atom. The number of nitrogens with zero attached hydrogens (tertiary/aromatic N) is 2. The molecule has 0 radical (unpaired) electrons. The number of hydrogen-bond acceptors (Lipinski definition) is 4. The van der Waals surface area contributed by atoms with Gasteiger partial charge in [0.15, 0.2) is 0 Å². The Morgan fingerprint density at radius 3 is 2.70 bits per heavy atom. The summed E-state index contributed by atoms with van der Waals surface area (Å²) in [6, 6.07) is 16.8. The minimum absolute atomic E-state index is 0.0192. The van der Waals surface area contributed by atoms with Gasteiger partial charge in [0.1, 0.15) is 0 Å². The molecule has 0 saturated carbocycles. The van der Waals surface area contributed by atoms with Gasteiger partial charge in [-0.1, -0.05) is 24.3 Å². The molecular weight excluding hydrogens is 358 g/mol. The van der Waals surface area contributed by atoms with Gasteiger partial charge in [-0.2, -0.15) is 0 Å². The van der Waals surface area contributed by atoms with Gasteiger partial charge >= 0.3 is 0 Å².